The zero-order valence-electron chi connectivity index (χ0n) is 15.4. The Labute approximate surface area is 163 Å². The van der Waals surface area contributed by atoms with Crippen molar-refractivity contribution in [2.75, 3.05) is 11.4 Å². The third kappa shape index (κ3) is 3.58. The molecule has 0 radical (unpaired) electrons. The Morgan fingerprint density at radius 3 is 2.85 bits per heavy atom. The molecule has 0 spiro atoms. The lowest BCUT2D eigenvalue weighted by atomic mass is 9.95. The molecule has 2 amide bonds. The monoisotopic (exact) mass is 381 g/mol. The van der Waals surface area contributed by atoms with Gasteiger partial charge in [0.15, 0.2) is 0 Å². The van der Waals surface area contributed by atoms with E-state index in [1.54, 1.807) is 17.2 Å². The molecular formula is C21H23N3O2S. The third-order valence-corrected chi connectivity index (χ3v) is 6.29. The first kappa shape index (κ1) is 18.0. The lowest BCUT2D eigenvalue weighted by molar-refractivity contribution is 0.0927. The number of hydrogen-bond donors (Lipinski definition) is 1. The second-order valence-corrected chi connectivity index (χ2v) is 8.03. The summed E-state index contributed by atoms with van der Waals surface area (Å²) in [6.45, 7) is 2.52. The van der Waals surface area contributed by atoms with Crippen LogP contribution >= 0.6 is 11.8 Å². The lowest BCUT2D eigenvalue weighted by Crippen LogP contribution is -2.36. The van der Waals surface area contributed by atoms with Gasteiger partial charge in [0.1, 0.15) is 5.03 Å². The van der Waals surface area contributed by atoms with Crippen molar-refractivity contribution in [2.45, 2.75) is 55.0 Å². The van der Waals surface area contributed by atoms with E-state index < -0.39 is 0 Å². The fourth-order valence-electron chi connectivity index (χ4n) is 3.78. The maximum absolute atomic E-state index is 12.9. The highest BCUT2D eigenvalue weighted by Crippen LogP contribution is 2.40. The maximum atomic E-state index is 12.9. The number of nitrogens with one attached hydrogen (secondary N) is 1. The largest absolute Gasteiger partial charge is 0.349 e. The number of aromatic nitrogens is 1. The van der Waals surface area contributed by atoms with Crippen molar-refractivity contribution in [3.05, 3.63) is 47.7 Å². The van der Waals surface area contributed by atoms with Crippen molar-refractivity contribution in [2.24, 2.45) is 0 Å². The Bertz CT molecular complexity index is 877. The number of hydrogen-bond acceptors (Lipinski definition) is 4. The molecule has 1 saturated carbocycles. The van der Waals surface area contributed by atoms with Gasteiger partial charge in [0.05, 0.1) is 11.3 Å². The van der Waals surface area contributed by atoms with Crippen molar-refractivity contribution >= 4 is 29.3 Å². The SMILES string of the molecule is CCN1C(=O)c2cccnc2Sc2cc(C(=O)NC3CCCCC3)ccc21. The Morgan fingerprint density at radius 1 is 1.26 bits per heavy atom. The van der Waals surface area contributed by atoms with Crippen LogP contribution in [0.2, 0.25) is 0 Å². The highest BCUT2D eigenvalue weighted by molar-refractivity contribution is 7.99. The van der Waals surface area contributed by atoms with Crippen LogP contribution in [0.4, 0.5) is 5.69 Å². The molecule has 1 aliphatic heterocycles. The highest BCUT2D eigenvalue weighted by atomic mass is 32.2. The minimum atomic E-state index is -0.0498. The number of pyridine rings is 1. The van der Waals surface area contributed by atoms with Gasteiger partial charge >= 0.3 is 0 Å². The van der Waals surface area contributed by atoms with Crippen molar-refractivity contribution in [1.82, 2.24) is 10.3 Å². The zero-order chi connectivity index (χ0) is 18.8. The summed E-state index contributed by atoms with van der Waals surface area (Å²) in [7, 11) is 0. The van der Waals surface area contributed by atoms with Crippen LogP contribution in [0.25, 0.3) is 0 Å². The molecule has 2 aliphatic rings. The normalized spacial score (nSPS) is 17.1. The van der Waals surface area contributed by atoms with E-state index >= 15 is 0 Å². The smallest absolute Gasteiger partial charge is 0.261 e. The van der Waals surface area contributed by atoms with E-state index in [4.69, 9.17) is 0 Å². The molecule has 0 unspecified atom stereocenters. The molecule has 27 heavy (non-hydrogen) atoms. The van der Waals surface area contributed by atoms with Crippen molar-refractivity contribution < 1.29 is 9.59 Å². The number of rotatable bonds is 3. The summed E-state index contributed by atoms with van der Waals surface area (Å²) < 4.78 is 0. The molecule has 140 valence electrons. The van der Waals surface area contributed by atoms with Crippen LogP contribution in [0, 0.1) is 0 Å². The average Bonchev–Trinajstić information content (AvgIpc) is 2.82. The van der Waals surface area contributed by atoms with Gasteiger partial charge in [-0.1, -0.05) is 31.0 Å². The molecule has 6 heteroatoms. The number of carbonyl (C=O) groups is 2. The van der Waals surface area contributed by atoms with Crippen molar-refractivity contribution in [3.8, 4) is 0 Å². The first-order valence-corrected chi connectivity index (χ1v) is 10.4. The summed E-state index contributed by atoms with van der Waals surface area (Å²) >= 11 is 1.45. The van der Waals surface area contributed by atoms with Crippen LogP contribution < -0.4 is 10.2 Å². The molecule has 0 bridgehead atoms. The summed E-state index contributed by atoms with van der Waals surface area (Å²) in [5.74, 6) is -0.0866. The standard InChI is InChI=1S/C21H23N3O2S/c1-2-24-17-11-10-14(19(25)23-15-7-4-3-5-8-15)13-18(17)27-20-16(21(24)26)9-6-12-22-20/h6,9-13,15H,2-5,7-8H2,1H3,(H,23,25). The van der Waals surface area contributed by atoms with Crippen LogP contribution in [0.15, 0.2) is 46.5 Å². The number of carbonyl (C=O) groups excluding carboxylic acids is 2. The van der Waals surface area contributed by atoms with E-state index in [-0.39, 0.29) is 17.9 Å². The number of fused-ring (bicyclic) bond motifs is 2. The molecule has 2 aromatic rings. The van der Waals surface area contributed by atoms with Gasteiger partial charge in [-0.05, 0) is 50.1 Å². The van der Waals surface area contributed by atoms with Gasteiger partial charge in [0, 0.05) is 29.2 Å². The average molecular weight is 382 g/mol. The molecule has 2 heterocycles. The first-order chi connectivity index (χ1) is 13.2. The van der Waals surface area contributed by atoms with Crippen LogP contribution in [-0.2, 0) is 0 Å². The summed E-state index contributed by atoms with van der Waals surface area (Å²) in [6, 6.07) is 9.45. The minimum Gasteiger partial charge on any atom is -0.349 e. The molecule has 1 fully saturated rings. The lowest BCUT2D eigenvalue weighted by Gasteiger charge is -2.23. The fourth-order valence-corrected chi connectivity index (χ4v) is 4.84. The fraction of sp³-hybridized carbons (Fsp3) is 0.381. The summed E-state index contributed by atoms with van der Waals surface area (Å²) in [4.78, 5) is 32.7. The highest BCUT2D eigenvalue weighted by Gasteiger charge is 2.28. The Balaban J connectivity index is 1.66. The number of nitrogens with zero attached hydrogens (tertiary/aromatic N) is 2. The summed E-state index contributed by atoms with van der Waals surface area (Å²) in [5.41, 5.74) is 2.07. The van der Waals surface area contributed by atoms with Gasteiger partial charge in [-0.15, -0.1) is 0 Å². The number of amides is 2. The van der Waals surface area contributed by atoms with Gasteiger partial charge in [-0.3, -0.25) is 9.59 Å². The van der Waals surface area contributed by atoms with Crippen LogP contribution in [0.1, 0.15) is 59.7 Å². The van der Waals surface area contributed by atoms with Crippen molar-refractivity contribution in [1.29, 1.82) is 0 Å². The van der Waals surface area contributed by atoms with E-state index in [0.717, 1.165) is 23.4 Å². The van der Waals surface area contributed by atoms with E-state index in [2.05, 4.69) is 10.3 Å². The van der Waals surface area contributed by atoms with Crippen molar-refractivity contribution in [3.63, 3.8) is 0 Å². The van der Waals surface area contributed by atoms with Gasteiger partial charge in [0.25, 0.3) is 11.8 Å². The maximum Gasteiger partial charge on any atom is 0.261 e. The minimum absolute atomic E-state index is 0.0369. The molecule has 1 N–H and O–H groups in total. The van der Waals surface area contributed by atoms with Gasteiger partial charge in [-0.25, -0.2) is 4.98 Å². The predicted octanol–water partition coefficient (Wildman–Crippen LogP) is 4.28. The van der Waals surface area contributed by atoms with E-state index in [1.165, 1.54) is 31.0 Å². The zero-order valence-corrected chi connectivity index (χ0v) is 16.2. The quantitative estimate of drug-likeness (QED) is 0.862. The van der Waals surface area contributed by atoms with Gasteiger partial charge in [0.2, 0.25) is 0 Å². The number of benzene rings is 1. The Kier molecular flexibility index (Phi) is 5.16. The topological polar surface area (TPSA) is 62.3 Å². The molecule has 1 aromatic heterocycles. The van der Waals surface area contributed by atoms with E-state index in [1.807, 2.05) is 31.2 Å². The van der Waals surface area contributed by atoms with Gasteiger partial charge < -0.3 is 10.2 Å². The number of anilines is 1. The molecule has 0 saturated heterocycles. The van der Waals surface area contributed by atoms with Gasteiger partial charge in [-0.2, -0.15) is 0 Å². The Hall–Kier alpha value is -2.34. The van der Waals surface area contributed by atoms with E-state index in [9.17, 15) is 9.59 Å². The Morgan fingerprint density at radius 2 is 2.07 bits per heavy atom. The molecule has 0 atom stereocenters. The molecule has 5 nitrogen and oxygen atoms in total. The second-order valence-electron chi connectivity index (χ2n) is 7.00. The molecule has 1 aromatic carbocycles. The summed E-state index contributed by atoms with van der Waals surface area (Å²) in [6.07, 6.45) is 7.43. The third-order valence-electron chi connectivity index (χ3n) is 5.22. The van der Waals surface area contributed by atoms with Crippen LogP contribution in [0.3, 0.4) is 0 Å². The molecular weight excluding hydrogens is 358 g/mol. The predicted molar refractivity (Wildman–Crippen MR) is 106 cm³/mol. The molecule has 4 rings (SSSR count). The second kappa shape index (κ2) is 7.72. The summed E-state index contributed by atoms with van der Waals surface area (Å²) in [5, 5.41) is 3.85. The van der Waals surface area contributed by atoms with Crippen LogP contribution in [-0.4, -0.2) is 29.4 Å². The first-order valence-electron chi connectivity index (χ1n) is 9.57. The van der Waals surface area contributed by atoms with E-state index in [0.29, 0.717) is 22.7 Å². The van der Waals surface area contributed by atoms with Crippen LogP contribution in [0.5, 0.6) is 0 Å². The molecule has 1 aliphatic carbocycles.